The number of fused-ring (bicyclic) bond motifs is 1. The van der Waals surface area contributed by atoms with E-state index in [9.17, 15) is 9.59 Å². The number of thiophene rings is 1. The molecule has 6 nitrogen and oxygen atoms in total. The molecule has 0 atom stereocenters. The minimum Gasteiger partial charge on any atom is -0.344 e. The SMILES string of the molecule is CCc1sc2nnn(CC(=O)NC(c3ccccc3)c3ccccc3)c(=O)c2c1C. The molecule has 0 saturated carbocycles. The molecular formula is C23H22N4O2S. The molecule has 0 aliphatic carbocycles. The lowest BCUT2D eigenvalue weighted by Gasteiger charge is -2.20. The molecule has 2 aromatic heterocycles. The highest BCUT2D eigenvalue weighted by Gasteiger charge is 2.19. The van der Waals surface area contributed by atoms with E-state index in [0.29, 0.717) is 10.2 Å². The number of benzene rings is 2. The number of rotatable bonds is 6. The van der Waals surface area contributed by atoms with Gasteiger partial charge in [-0.05, 0) is 30.0 Å². The van der Waals surface area contributed by atoms with Crippen LogP contribution in [0.4, 0.5) is 0 Å². The van der Waals surface area contributed by atoms with Gasteiger partial charge in [0.2, 0.25) is 5.91 Å². The van der Waals surface area contributed by atoms with E-state index in [1.54, 1.807) is 0 Å². The third-order valence-electron chi connectivity index (χ3n) is 5.10. The standard InChI is InChI=1S/C23H22N4O2S/c1-3-18-15(2)20-22(30-18)25-26-27(23(20)29)14-19(28)24-21(16-10-6-4-7-11-16)17-12-8-5-9-13-17/h4-13,21H,3,14H2,1-2H3,(H,24,28). The molecule has 0 unspecified atom stereocenters. The number of hydrogen-bond donors (Lipinski definition) is 1. The van der Waals surface area contributed by atoms with E-state index < -0.39 is 0 Å². The maximum absolute atomic E-state index is 12.9. The van der Waals surface area contributed by atoms with Crippen molar-refractivity contribution in [3.05, 3.63) is 92.6 Å². The minimum absolute atomic E-state index is 0.186. The van der Waals surface area contributed by atoms with Crippen molar-refractivity contribution in [2.75, 3.05) is 0 Å². The average Bonchev–Trinajstić information content (AvgIpc) is 3.11. The van der Waals surface area contributed by atoms with E-state index in [2.05, 4.69) is 15.6 Å². The van der Waals surface area contributed by atoms with E-state index in [1.165, 1.54) is 11.3 Å². The fourth-order valence-corrected chi connectivity index (χ4v) is 4.62. The van der Waals surface area contributed by atoms with Gasteiger partial charge in [-0.25, -0.2) is 4.68 Å². The van der Waals surface area contributed by atoms with Crippen molar-refractivity contribution in [1.29, 1.82) is 0 Å². The third-order valence-corrected chi connectivity index (χ3v) is 6.42. The molecule has 0 spiro atoms. The van der Waals surface area contributed by atoms with Crippen LogP contribution in [0.2, 0.25) is 0 Å². The van der Waals surface area contributed by atoms with Gasteiger partial charge >= 0.3 is 0 Å². The van der Waals surface area contributed by atoms with Crippen LogP contribution >= 0.6 is 11.3 Å². The minimum atomic E-state index is -0.318. The zero-order valence-electron chi connectivity index (χ0n) is 16.8. The van der Waals surface area contributed by atoms with Crippen LogP contribution in [0.1, 0.15) is 34.5 Å². The molecule has 0 aliphatic heterocycles. The van der Waals surface area contributed by atoms with Gasteiger partial charge in [0.15, 0.2) is 4.83 Å². The van der Waals surface area contributed by atoms with Crippen LogP contribution in [-0.4, -0.2) is 20.9 Å². The summed E-state index contributed by atoms with van der Waals surface area (Å²) in [4.78, 5) is 27.5. The summed E-state index contributed by atoms with van der Waals surface area (Å²) < 4.78 is 1.14. The summed E-state index contributed by atoms with van der Waals surface area (Å²) in [5.74, 6) is -0.299. The van der Waals surface area contributed by atoms with Crippen LogP contribution in [-0.2, 0) is 17.8 Å². The molecule has 1 amide bonds. The van der Waals surface area contributed by atoms with Crippen molar-refractivity contribution in [2.45, 2.75) is 32.9 Å². The highest BCUT2D eigenvalue weighted by Crippen LogP contribution is 2.26. The van der Waals surface area contributed by atoms with Crippen LogP contribution in [0.25, 0.3) is 10.2 Å². The van der Waals surface area contributed by atoms with Gasteiger partial charge in [-0.3, -0.25) is 9.59 Å². The molecule has 30 heavy (non-hydrogen) atoms. The van der Waals surface area contributed by atoms with Gasteiger partial charge in [0.05, 0.1) is 11.4 Å². The van der Waals surface area contributed by atoms with Gasteiger partial charge in [0.1, 0.15) is 6.54 Å². The smallest absolute Gasteiger partial charge is 0.279 e. The Morgan fingerprint density at radius 2 is 1.67 bits per heavy atom. The zero-order valence-corrected chi connectivity index (χ0v) is 17.6. The van der Waals surface area contributed by atoms with Gasteiger partial charge in [0.25, 0.3) is 5.56 Å². The Kier molecular flexibility index (Phi) is 5.72. The molecule has 0 aliphatic rings. The topological polar surface area (TPSA) is 76.9 Å². The molecule has 152 valence electrons. The molecule has 7 heteroatoms. The Labute approximate surface area is 178 Å². The van der Waals surface area contributed by atoms with Crippen molar-refractivity contribution in [3.63, 3.8) is 0 Å². The summed E-state index contributed by atoms with van der Waals surface area (Å²) in [6.45, 7) is 3.78. The van der Waals surface area contributed by atoms with Gasteiger partial charge in [-0.15, -0.1) is 16.4 Å². The predicted octanol–water partition coefficient (Wildman–Crippen LogP) is 3.63. The first-order valence-electron chi connectivity index (χ1n) is 9.83. The quantitative estimate of drug-likeness (QED) is 0.519. The van der Waals surface area contributed by atoms with E-state index in [0.717, 1.165) is 32.7 Å². The van der Waals surface area contributed by atoms with Crippen molar-refractivity contribution < 1.29 is 4.79 Å². The largest absolute Gasteiger partial charge is 0.344 e. The Balaban J connectivity index is 1.62. The van der Waals surface area contributed by atoms with Gasteiger partial charge < -0.3 is 5.32 Å². The number of carbonyl (C=O) groups excluding carboxylic acids is 1. The van der Waals surface area contributed by atoms with Crippen LogP contribution in [0.5, 0.6) is 0 Å². The van der Waals surface area contributed by atoms with E-state index in [-0.39, 0.29) is 24.1 Å². The van der Waals surface area contributed by atoms with E-state index in [1.807, 2.05) is 74.5 Å². The molecule has 2 aromatic carbocycles. The molecule has 0 radical (unpaired) electrons. The predicted molar refractivity (Wildman–Crippen MR) is 119 cm³/mol. The fourth-order valence-electron chi connectivity index (χ4n) is 3.56. The van der Waals surface area contributed by atoms with E-state index in [4.69, 9.17) is 0 Å². The first kappa shape index (κ1) is 20.0. The maximum atomic E-state index is 12.9. The van der Waals surface area contributed by atoms with Crippen LogP contribution in [0.15, 0.2) is 65.5 Å². The highest BCUT2D eigenvalue weighted by molar-refractivity contribution is 7.18. The second kappa shape index (κ2) is 8.59. The van der Waals surface area contributed by atoms with Crippen LogP contribution < -0.4 is 10.9 Å². The van der Waals surface area contributed by atoms with Crippen molar-refractivity contribution in [3.8, 4) is 0 Å². The second-order valence-corrected chi connectivity index (χ2v) is 8.14. The molecule has 0 saturated heterocycles. The van der Waals surface area contributed by atoms with Gasteiger partial charge in [-0.1, -0.05) is 72.8 Å². The molecule has 1 N–H and O–H groups in total. The third kappa shape index (κ3) is 3.89. The molecule has 4 rings (SSSR count). The number of carbonyl (C=O) groups is 1. The maximum Gasteiger partial charge on any atom is 0.279 e. The van der Waals surface area contributed by atoms with Crippen LogP contribution in [0.3, 0.4) is 0 Å². The Bertz CT molecular complexity index is 1190. The van der Waals surface area contributed by atoms with Crippen molar-refractivity contribution in [2.24, 2.45) is 0 Å². The highest BCUT2D eigenvalue weighted by atomic mass is 32.1. The number of amides is 1. The van der Waals surface area contributed by atoms with Gasteiger partial charge in [0, 0.05) is 4.88 Å². The van der Waals surface area contributed by atoms with Gasteiger partial charge in [-0.2, -0.15) is 0 Å². The van der Waals surface area contributed by atoms with E-state index >= 15 is 0 Å². The number of hydrogen-bond acceptors (Lipinski definition) is 5. The Morgan fingerprint density at radius 3 is 2.23 bits per heavy atom. The number of aromatic nitrogens is 3. The first-order valence-corrected chi connectivity index (χ1v) is 10.6. The molecule has 0 fully saturated rings. The number of nitrogens with one attached hydrogen (secondary N) is 1. The first-order chi connectivity index (χ1) is 14.6. The summed E-state index contributed by atoms with van der Waals surface area (Å²) in [5.41, 5.74) is 2.58. The molecule has 2 heterocycles. The lowest BCUT2D eigenvalue weighted by atomic mass is 9.99. The summed E-state index contributed by atoms with van der Waals surface area (Å²) in [6.07, 6.45) is 0.836. The number of aryl methyl sites for hydroxylation is 2. The molecule has 0 bridgehead atoms. The lowest BCUT2D eigenvalue weighted by Crippen LogP contribution is -2.36. The normalized spacial score (nSPS) is 11.2. The fraction of sp³-hybridized carbons (Fsp3) is 0.217. The Hall–Kier alpha value is -3.32. The summed E-state index contributed by atoms with van der Waals surface area (Å²) in [5, 5.41) is 11.8. The molecular weight excluding hydrogens is 396 g/mol. The van der Waals surface area contributed by atoms with Crippen molar-refractivity contribution in [1.82, 2.24) is 20.3 Å². The average molecular weight is 419 g/mol. The summed E-state index contributed by atoms with van der Waals surface area (Å²) in [7, 11) is 0. The lowest BCUT2D eigenvalue weighted by molar-refractivity contribution is -0.122. The van der Waals surface area contributed by atoms with Crippen molar-refractivity contribution >= 4 is 27.5 Å². The second-order valence-electron chi connectivity index (χ2n) is 7.06. The number of nitrogens with zero attached hydrogens (tertiary/aromatic N) is 3. The Morgan fingerprint density at radius 1 is 1.07 bits per heavy atom. The van der Waals surface area contributed by atoms with Crippen LogP contribution in [0, 0.1) is 6.92 Å². The zero-order chi connectivity index (χ0) is 21.1. The molecule has 4 aromatic rings. The summed E-state index contributed by atoms with van der Waals surface area (Å²) in [6, 6.07) is 19.2. The summed E-state index contributed by atoms with van der Waals surface area (Å²) >= 11 is 1.48. The monoisotopic (exact) mass is 418 g/mol.